The van der Waals surface area contributed by atoms with E-state index >= 15 is 0 Å². The monoisotopic (exact) mass is 476 g/mol. The van der Waals surface area contributed by atoms with Gasteiger partial charge in [-0.2, -0.15) is 0 Å². The smallest absolute Gasteiger partial charge is 0.272 e. The molecule has 8 nitrogen and oxygen atoms in total. The molecule has 0 spiro atoms. The van der Waals surface area contributed by atoms with E-state index in [-0.39, 0.29) is 36.3 Å². The Labute approximate surface area is 184 Å². The zero-order valence-corrected chi connectivity index (χ0v) is 18.7. The Bertz CT molecular complexity index is 911. The molecule has 0 unspecified atom stereocenters. The molecule has 160 valence electrons. The average molecular weight is 477 g/mol. The molecule has 30 heavy (non-hydrogen) atoms. The number of aromatic nitrogens is 2. The number of likely N-dealkylation sites (N-methyl/N-ethyl adjacent to an activating group) is 1. The standard InChI is InChI=1S/C21H25BrN4O4/c1-13-10-26(14(2)12-27)20(28)16-8-15(22)9-24-19(16)30-18(13)11-25(3)21(29)17-6-4-5-7-23-17/h4-9,13-14,18,27H,10-12H2,1-3H3/t13-,14+,18-/m0/s1. The number of hydrogen-bond donors (Lipinski definition) is 1. The number of carbonyl (C=O) groups is 2. The van der Waals surface area contributed by atoms with Crippen molar-refractivity contribution < 1.29 is 19.4 Å². The Morgan fingerprint density at radius 3 is 2.87 bits per heavy atom. The van der Waals surface area contributed by atoms with E-state index in [0.717, 1.165) is 0 Å². The normalized spacial score (nSPS) is 19.9. The van der Waals surface area contributed by atoms with Crippen LogP contribution in [0.1, 0.15) is 34.7 Å². The summed E-state index contributed by atoms with van der Waals surface area (Å²) in [5.74, 6) is -0.355. The van der Waals surface area contributed by atoms with Gasteiger partial charge in [0.2, 0.25) is 5.88 Å². The third-order valence-corrected chi connectivity index (χ3v) is 5.61. The van der Waals surface area contributed by atoms with E-state index in [0.29, 0.717) is 28.8 Å². The fourth-order valence-corrected chi connectivity index (χ4v) is 3.66. The van der Waals surface area contributed by atoms with Crippen molar-refractivity contribution in [3.8, 4) is 5.88 Å². The van der Waals surface area contributed by atoms with Gasteiger partial charge in [-0.3, -0.25) is 14.6 Å². The van der Waals surface area contributed by atoms with E-state index in [9.17, 15) is 14.7 Å². The molecule has 0 radical (unpaired) electrons. The third-order valence-electron chi connectivity index (χ3n) is 5.17. The maximum atomic E-state index is 13.1. The first-order valence-electron chi connectivity index (χ1n) is 9.72. The number of nitrogens with zero attached hydrogens (tertiary/aromatic N) is 4. The molecule has 1 N–H and O–H groups in total. The van der Waals surface area contributed by atoms with E-state index in [4.69, 9.17) is 4.74 Å². The number of rotatable bonds is 5. The molecule has 2 aromatic heterocycles. The van der Waals surface area contributed by atoms with Crippen molar-refractivity contribution in [2.24, 2.45) is 5.92 Å². The van der Waals surface area contributed by atoms with E-state index in [1.807, 2.05) is 6.92 Å². The van der Waals surface area contributed by atoms with Gasteiger partial charge in [0.15, 0.2) is 0 Å². The van der Waals surface area contributed by atoms with Gasteiger partial charge in [0, 0.05) is 36.4 Å². The maximum Gasteiger partial charge on any atom is 0.272 e. The van der Waals surface area contributed by atoms with Gasteiger partial charge >= 0.3 is 0 Å². The van der Waals surface area contributed by atoms with Crippen LogP contribution in [0.3, 0.4) is 0 Å². The highest BCUT2D eigenvalue weighted by atomic mass is 79.9. The molecule has 3 heterocycles. The molecule has 9 heteroatoms. The molecule has 0 bridgehead atoms. The van der Waals surface area contributed by atoms with Crippen LogP contribution in [0.15, 0.2) is 41.1 Å². The number of pyridine rings is 2. The Hall–Kier alpha value is -2.52. The summed E-state index contributed by atoms with van der Waals surface area (Å²) in [5, 5.41) is 9.66. The lowest BCUT2D eigenvalue weighted by atomic mass is 10.00. The van der Waals surface area contributed by atoms with Gasteiger partial charge in [-0.05, 0) is 41.1 Å². The number of halogens is 1. The Kier molecular flexibility index (Phi) is 7.04. The second-order valence-corrected chi connectivity index (χ2v) is 8.45. The van der Waals surface area contributed by atoms with Gasteiger partial charge < -0.3 is 19.6 Å². The molecule has 0 saturated heterocycles. The largest absolute Gasteiger partial charge is 0.472 e. The van der Waals surface area contributed by atoms with Gasteiger partial charge in [-0.1, -0.05) is 13.0 Å². The Morgan fingerprint density at radius 2 is 2.20 bits per heavy atom. The SMILES string of the molecule is C[C@H](CO)N1C[C@H](C)[C@H](CN(C)C(=O)c2ccccn2)Oc2ncc(Br)cc2C1=O. The number of carbonyl (C=O) groups excluding carboxylic acids is 2. The number of hydrogen-bond acceptors (Lipinski definition) is 6. The minimum absolute atomic E-state index is 0.111. The van der Waals surface area contributed by atoms with E-state index in [1.165, 1.54) is 0 Å². The fraction of sp³-hybridized carbons (Fsp3) is 0.429. The zero-order chi connectivity index (χ0) is 21.8. The van der Waals surface area contributed by atoms with Gasteiger partial charge in [-0.25, -0.2) is 4.98 Å². The summed E-state index contributed by atoms with van der Waals surface area (Å²) in [4.78, 5) is 37.4. The van der Waals surface area contributed by atoms with Crippen molar-refractivity contribution in [2.45, 2.75) is 26.0 Å². The minimum Gasteiger partial charge on any atom is -0.472 e. The van der Waals surface area contributed by atoms with Crippen LogP contribution in [0.5, 0.6) is 5.88 Å². The third kappa shape index (κ3) is 4.79. The first kappa shape index (κ1) is 22.2. The first-order valence-corrected chi connectivity index (χ1v) is 10.5. The van der Waals surface area contributed by atoms with E-state index in [2.05, 4.69) is 25.9 Å². The number of amides is 2. The lowest BCUT2D eigenvalue weighted by Crippen LogP contribution is -2.50. The predicted octanol–water partition coefficient (Wildman–Crippen LogP) is 2.23. The molecule has 1 aliphatic heterocycles. The predicted molar refractivity (Wildman–Crippen MR) is 114 cm³/mol. The highest BCUT2D eigenvalue weighted by Crippen LogP contribution is 2.28. The van der Waals surface area contributed by atoms with Crippen LogP contribution in [0.25, 0.3) is 0 Å². The summed E-state index contributed by atoms with van der Waals surface area (Å²) in [5.41, 5.74) is 0.673. The second-order valence-electron chi connectivity index (χ2n) is 7.53. The zero-order valence-electron chi connectivity index (χ0n) is 17.2. The highest BCUT2D eigenvalue weighted by Gasteiger charge is 2.34. The summed E-state index contributed by atoms with van der Waals surface area (Å²) in [6.45, 7) is 4.27. The Balaban J connectivity index is 1.90. The van der Waals surface area contributed by atoms with Crippen LogP contribution in [0, 0.1) is 5.92 Å². The topological polar surface area (TPSA) is 95.9 Å². The van der Waals surface area contributed by atoms with Crippen LogP contribution in [0.4, 0.5) is 0 Å². The molecule has 0 saturated carbocycles. The molecule has 3 atom stereocenters. The molecule has 3 rings (SSSR count). The van der Waals surface area contributed by atoms with Crippen LogP contribution in [-0.2, 0) is 0 Å². The summed E-state index contributed by atoms with van der Waals surface area (Å²) in [6, 6.07) is 6.49. The van der Waals surface area contributed by atoms with Crippen molar-refractivity contribution in [1.82, 2.24) is 19.8 Å². The Morgan fingerprint density at radius 1 is 1.43 bits per heavy atom. The number of ether oxygens (including phenoxy) is 1. The molecule has 0 fully saturated rings. The van der Waals surface area contributed by atoms with Crippen LogP contribution in [0.2, 0.25) is 0 Å². The molecular formula is C21H25BrN4O4. The van der Waals surface area contributed by atoms with Crippen LogP contribution >= 0.6 is 15.9 Å². The molecule has 2 aromatic rings. The molecule has 0 aromatic carbocycles. The maximum absolute atomic E-state index is 13.1. The minimum atomic E-state index is -0.406. The lowest BCUT2D eigenvalue weighted by molar-refractivity contribution is 0.0312. The van der Waals surface area contributed by atoms with Gasteiger partial charge in [0.25, 0.3) is 11.8 Å². The second kappa shape index (κ2) is 9.53. The fourth-order valence-electron chi connectivity index (χ4n) is 3.33. The van der Waals surface area contributed by atoms with Crippen LogP contribution < -0.4 is 4.74 Å². The van der Waals surface area contributed by atoms with Crippen molar-refractivity contribution >= 4 is 27.7 Å². The van der Waals surface area contributed by atoms with Crippen LogP contribution in [-0.4, -0.2) is 75.6 Å². The lowest BCUT2D eigenvalue weighted by Gasteiger charge is -2.37. The summed E-state index contributed by atoms with van der Waals surface area (Å²) >= 11 is 3.35. The summed E-state index contributed by atoms with van der Waals surface area (Å²) in [7, 11) is 1.70. The highest BCUT2D eigenvalue weighted by molar-refractivity contribution is 9.10. The molecule has 0 aliphatic carbocycles. The summed E-state index contributed by atoms with van der Waals surface area (Å²) in [6.07, 6.45) is 2.74. The molecular weight excluding hydrogens is 452 g/mol. The number of aliphatic hydroxyl groups is 1. The van der Waals surface area contributed by atoms with Gasteiger partial charge in [0.1, 0.15) is 17.4 Å². The van der Waals surface area contributed by atoms with Crippen molar-refractivity contribution in [2.75, 3.05) is 26.7 Å². The van der Waals surface area contributed by atoms with Crippen molar-refractivity contribution in [3.63, 3.8) is 0 Å². The number of fused-ring (bicyclic) bond motifs is 1. The molecule has 2 amide bonds. The van der Waals surface area contributed by atoms with E-state index in [1.54, 1.807) is 60.4 Å². The first-order chi connectivity index (χ1) is 14.3. The average Bonchev–Trinajstić information content (AvgIpc) is 2.76. The van der Waals surface area contributed by atoms with Gasteiger partial charge in [0.05, 0.1) is 19.2 Å². The quantitative estimate of drug-likeness (QED) is 0.710. The van der Waals surface area contributed by atoms with Gasteiger partial charge in [-0.15, -0.1) is 0 Å². The van der Waals surface area contributed by atoms with E-state index < -0.39 is 6.10 Å². The van der Waals surface area contributed by atoms with Crippen molar-refractivity contribution in [3.05, 3.63) is 52.4 Å². The number of aliphatic hydroxyl groups excluding tert-OH is 1. The van der Waals surface area contributed by atoms with Crippen molar-refractivity contribution in [1.29, 1.82) is 0 Å². The molecule has 1 aliphatic rings. The summed E-state index contributed by atoms with van der Waals surface area (Å²) < 4.78 is 6.79.